The molecule has 20 heavy (non-hydrogen) atoms. The molecular weight excluding hydrogens is 315 g/mol. The number of benzene rings is 2. The second kappa shape index (κ2) is 6.88. The highest BCUT2D eigenvalue weighted by molar-refractivity contribution is 8.00. The van der Waals surface area contributed by atoms with E-state index in [9.17, 15) is 4.79 Å². The lowest BCUT2D eigenvalue weighted by Gasteiger charge is -2.08. The van der Waals surface area contributed by atoms with Gasteiger partial charge in [-0.15, -0.1) is 11.8 Å². The maximum Gasteiger partial charge on any atom is 0.234 e. The maximum absolute atomic E-state index is 11.9. The van der Waals surface area contributed by atoms with Gasteiger partial charge in [0.15, 0.2) is 0 Å². The molecule has 104 valence electrons. The van der Waals surface area contributed by atoms with Gasteiger partial charge >= 0.3 is 0 Å². The van der Waals surface area contributed by atoms with E-state index in [1.807, 2.05) is 18.2 Å². The van der Waals surface area contributed by atoms with Crippen LogP contribution in [0.4, 0.5) is 11.4 Å². The number of rotatable bonds is 4. The molecule has 0 heterocycles. The summed E-state index contributed by atoms with van der Waals surface area (Å²) in [5, 5.41) is 3.84. The molecule has 0 aliphatic heterocycles. The van der Waals surface area contributed by atoms with Crippen molar-refractivity contribution in [1.29, 1.82) is 0 Å². The number of thioether (sulfide) groups is 1. The minimum Gasteiger partial charge on any atom is -0.399 e. The quantitative estimate of drug-likeness (QED) is 0.650. The first-order valence-electron chi connectivity index (χ1n) is 5.78. The number of nitrogen functional groups attached to an aromatic ring is 1. The van der Waals surface area contributed by atoms with Crippen molar-refractivity contribution in [1.82, 2.24) is 0 Å². The Labute approximate surface area is 131 Å². The lowest BCUT2D eigenvalue weighted by molar-refractivity contribution is -0.113. The molecular formula is C14H12Cl2N2OS. The number of nitrogens with one attached hydrogen (secondary N) is 1. The Bertz CT molecular complexity index is 634. The first-order chi connectivity index (χ1) is 9.54. The molecule has 0 spiro atoms. The second-order valence-corrected chi connectivity index (χ2v) is 5.93. The number of hydrogen-bond acceptors (Lipinski definition) is 3. The third-order valence-electron chi connectivity index (χ3n) is 2.43. The molecule has 0 radical (unpaired) electrons. The minimum atomic E-state index is -0.150. The Morgan fingerprint density at radius 2 is 2.00 bits per heavy atom. The van der Waals surface area contributed by atoms with Gasteiger partial charge in [0.05, 0.1) is 16.5 Å². The van der Waals surface area contributed by atoms with Crippen LogP contribution in [-0.2, 0) is 4.79 Å². The van der Waals surface area contributed by atoms with Crippen molar-refractivity contribution in [2.45, 2.75) is 4.90 Å². The predicted octanol–water partition coefficient (Wildman–Crippen LogP) is 4.31. The molecule has 0 saturated heterocycles. The SMILES string of the molecule is Nc1ccc(Cl)c(NC(=O)CSc2cccc(Cl)c2)c1. The van der Waals surface area contributed by atoms with Gasteiger partial charge in [0.25, 0.3) is 0 Å². The third kappa shape index (κ3) is 4.34. The Morgan fingerprint density at radius 1 is 1.20 bits per heavy atom. The fourth-order valence-corrected chi connectivity index (χ4v) is 2.71. The molecule has 0 unspecified atom stereocenters. The van der Waals surface area contributed by atoms with Crippen LogP contribution < -0.4 is 11.1 Å². The van der Waals surface area contributed by atoms with Gasteiger partial charge in [-0.05, 0) is 36.4 Å². The molecule has 3 nitrogen and oxygen atoms in total. The fourth-order valence-electron chi connectivity index (χ4n) is 1.53. The molecule has 2 aromatic carbocycles. The topological polar surface area (TPSA) is 55.1 Å². The van der Waals surface area contributed by atoms with Gasteiger partial charge in [-0.25, -0.2) is 0 Å². The molecule has 0 saturated carbocycles. The lowest BCUT2D eigenvalue weighted by Crippen LogP contribution is -2.14. The van der Waals surface area contributed by atoms with Gasteiger partial charge < -0.3 is 11.1 Å². The first-order valence-corrected chi connectivity index (χ1v) is 7.52. The summed E-state index contributed by atoms with van der Waals surface area (Å²) in [7, 11) is 0. The smallest absolute Gasteiger partial charge is 0.234 e. The molecule has 0 atom stereocenters. The molecule has 0 aliphatic rings. The van der Waals surface area contributed by atoms with Crippen LogP contribution in [0.25, 0.3) is 0 Å². The van der Waals surface area contributed by atoms with E-state index >= 15 is 0 Å². The van der Waals surface area contributed by atoms with E-state index in [0.717, 1.165) is 4.90 Å². The summed E-state index contributed by atoms with van der Waals surface area (Å²) in [5.74, 6) is 0.119. The van der Waals surface area contributed by atoms with Crippen molar-refractivity contribution in [3.05, 3.63) is 52.5 Å². The zero-order chi connectivity index (χ0) is 14.5. The van der Waals surface area contributed by atoms with Crippen LogP contribution >= 0.6 is 35.0 Å². The average molecular weight is 327 g/mol. The normalized spacial score (nSPS) is 10.3. The molecule has 0 aromatic heterocycles. The number of hydrogen-bond donors (Lipinski definition) is 2. The monoisotopic (exact) mass is 326 g/mol. The van der Waals surface area contributed by atoms with Gasteiger partial charge in [0, 0.05) is 15.6 Å². The van der Waals surface area contributed by atoms with Crippen LogP contribution in [0.1, 0.15) is 0 Å². The van der Waals surface area contributed by atoms with Crippen LogP contribution in [0.15, 0.2) is 47.4 Å². The average Bonchev–Trinajstić information content (AvgIpc) is 2.41. The molecule has 3 N–H and O–H groups in total. The summed E-state index contributed by atoms with van der Waals surface area (Å²) in [6.07, 6.45) is 0. The summed E-state index contributed by atoms with van der Waals surface area (Å²) in [4.78, 5) is 12.8. The Hall–Kier alpha value is -1.36. The van der Waals surface area contributed by atoms with Crippen molar-refractivity contribution in [2.75, 3.05) is 16.8 Å². The second-order valence-electron chi connectivity index (χ2n) is 4.03. The van der Waals surface area contributed by atoms with E-state index in [-0.39, 0.29) is 11.7 Å². The van der Waals surface area contributed by atoms with E-state index in [2.05, 4.69) is 5.32 Å². The minimum absolute atomic E-state index is 0.150. The summed E-state index contributed by atoms with van der Waals surface area (Å²) in [5.41, 5.74) is 6.72. The number of carbonyl (C=O) groups excluding carboxylic acids is 1. The highest BCUT2D eigenvalue weighted by atomic mass is 35.5. The Kier molecular flexibility index (Phi) is 5.17. The van der Waals surface area contributed by atoms with Gasteiger partial charge in [-0.3, -0.25) is 4.79 Å². The molecule has 0 aliphatic carbocycles. The Balaban J connectivity index is 1.94. The van der Waals surface area contributed by atoms with E-state index in [4.69, 9.17) is 28.9 Å². The molecule has 2 rings (SSSR count). The van der Waals surface area contributed by atoms with Gasteiger partial charge in [-0.2, -0.15) is 0 Å². The molecule has 0 bridgehead atoms. The van der Waals surface area contributed by atoms with Gasteiger partial charge in [-0.1, -0.05) is 29.3 Å². The van der Waals surface area contributed by atoms with Crippen LogP contribution in [0.5, 0.6) is 0 Å². The van der Waals surface area contributed by atoms with Crippen molar-refractivity contribution in [3.63, 3.8) is 0 Å². The van der Waals surface area contributed by atoms with Crippen molar-refractivity contribution in [3.8, 4) is 0 Å². The standard InChI is InChI=1S/C14H12Cl2N2OS/c15-9-2-1-3-11(6-9)20-8-14(19)18-13-7-10(17)4-5-12(13)16/h1-7H,8,17H2,(H,18,19). The van der Waals surface area contributed by atoms with E-state index in [1.54, 1.807) is 24.3 Å². The fraction of sp³-hybridized carbons (Fsp3) is 0.0714. The van der Waals surface area contributed by atoms with Crippen LogP contribution in [-0.4, -0.2) is 11.7 Å². The van der Waals surface area contributed by atoms with Crippen molar-refractivity contribution in [2.24, 2.45) is 0 Å². The zero-order valence-electron chi connectivity index (χ0n) is 10.4. The number of halogens is 2. The lowest BCUT2D eigenvalue weighted by atomic mass is 10.3. The van der Waals surface area contributed by atoms with Crippen LogP contribution in [0, 0.1) is 0 Å². The third-order valence-corrected chi connectivity index (χ3v) is 3.99. The summed E-state index contributed by atoms with van der Waals surface area (Å²) < 4.78 is 0. The summed E-state index contributed by atoms with van der Waals surface area (Å²) in [6, 6.07) is 12.3. The van der Waals surface area contributed by atoms with Gasteiger partial charge in [0.2, 0.25) is 5.91 Å². The van der Waals surface area contributed by atoms with E-state index in [1.165, 1.54) is 11.8 Å². The number of nitrogens with two attached hydrogens (primary N) is 1. The summed E-state index contributed by atoms with van der Waals surface area (Å²) in [6.45, 7) is 0. The molecule has 2 aromatic rings. The number of carbonyl (C=O) groups is 1. The summed E-state index contributed by atoms with van der Waals surface area (Å²) >= 11 is 13.3. The molecule has 1 amide bonds. The van der Waals surface area contributed by atoms with Crippen molar-refractivity contribution >= 4 is 52.2 Å². The zero-order valence-corrected chi connectivity index (χ0v) is 12.7. The number of anilines is 2. The van der Waals surface area contributed by atoms with E-state index in [0.29, 0.717) is 21.4 Å². The predicted molar refractivity (Wildman–Crippen MR) is 86.7 cm³/mol. The largest absolute Gasteiger partial charge is 0.399 e. The highest BCUT2D eigenvalue weighted by Gasteiger charge is 2.07. The first kappa shape index (κ1) is 15.0. The van der Waals surface area contributed by atoms with Gasteiger partial charge in [0.1, 0.15) is 0 Å². The van der Waals surface area contributed by atoms with Crippen LogP contribution in [0.2, 0.25) is 10.0 Å². The highest BCUT2D eigenvalue weighted by Crippen LogP contribution is 2.25. The molecule has 0 fully saturated rings. The molecule has 6 heteroatoms. The number of amides is 1. The van der Waals surface area contributed by atoms with E-state index < -0.39 is 0 Å². The maximum atomic E-state index is 11.9. The van der Waals surface area contributed by atoms with Crippen molar-refractivity contribution < 1.29 is 4.79 Å². The van der Waals surface area contributed by atoms with Crippen LogP contribution in [0.3, 0.4) is 0 Å². The Morgan fingerprint density at radius 3 is 2.75 bits per heavy atom.